The molecule has 1 aliphatic rings. The lowest BCUT2D eigenvalue weighted by molar-refractivity contribution is 0.414. The summed E-state index contributed by atoms with van der Waals surface area (Å²) in [4.78, 5) is 0. The molecule has 2 rings (SSSR count). The minimum atomic E-state index is 0.526. The summed E-state index contributed by atoms with van der Waals surface area (Å²) in [6, 6.07) is 8.24. The standard InChI is InChI=1S/C10H10OS3/c1-11-8-4-2-7(3-5-8)9-6-10(12)14-13-9/h2-5,9H,6H2,1H3. The number of benzene rings is 1. The molecule has 4 heteroatoms. The average Bonchev–Trinajstić information content (AvgIpc) is 2.65. The van der Waals surface area contributed by atoms with Crippen molar-refractivity contribution in [1.29, 1.82) is 0 Å². The van der Waals surface area contributed by atoms with Crippen LogP contribution in [0.5, 0.6) is 5.75 Å². The number of hydrogen-bond acceptors (Lipinski definition) is 4. The molecule has 1 atom stereocenters. The molecule has 0 bridgehead atoms. The van der Waals surface area contributed by atoms with Crippen LogP contribution in [0, 0.1) is 0 Å². The van der Waals surface area contributed by atoms with E-state index in [1.807, 2.05) is 22.9 Å². The van der Waals surface area contributed by atoms with Crippen LogP contribution in [0.15, 0.2) is 24.3 Å². The Hall–Kier alpha value is -0.190. The summed E-state index contributed by atoms with van der Waals surface area (Å²) in [7, 11) is 5.26. The minimum Gasteiger partial charge on any atom is -0.497 e. The van der Waals surface area contributed by atoms with Gasteiger partial charge in [0.25, 0.3) is 0 Å². The van der Waals surface area contributed by atoms with Gasteiger partial charge in [0.15, 0.2) is 0 Å². The SMILES string of the molecule is COc1ccc(C2CC(=S)SS2)cc1. The molecule has 1 aromatic carbocycles. The van der Waals surface area contributed by atoms with E-state index >= 15 is 0 Å². The predicted molar refractivity (Wildman–Crippen MR) is 68.1 cm³/mol. The van der Waals surface area contributed by atoms with E-state index in [9.17, 15) is 0 Å². The number of methoxy groups -OCH3 is 1. The van der Waals surface area contributed by atoms with E-state index in [4.69, 9.17) is 17.0 Å². The van der Waals surface area contributed by atoms with Crippen LogP contribution in [0.3, 0.4) is 0 Å². The van der Waals surface area contributed by atoms with E-state index in [-0.39, 0.29) is 0 Å². The molecule has 74 valence electrons. The first-order valence-corrected chi connectivity index (χ1v) is 6.92. The molecule has 1 fully saturated rings. The van der Waals surface area contributed by atoms with Crippen molar-refractivity contribution in [2.75, 3.05) is 7.11 Å². The van der Waals surface area contributed by atoms with E-state index < -0.39 is 0 Å². The molecule has 1 nitrogen and oxygen atoms in total. The first kappa shape index (κ1) is 10.3. The van der Waals surface area contributed by atoms with Gasteiger partial charge in [0.2, 0.25) is 0 Å². The lowest BCUT2D eigenvalue weighted by Gasteiger charge is -2.07. The van der Waals surface area contributed by atoms with Crippen LogP contribution >= 0.6 is 33.8 Å². The van der Waals surface area contributed by atoms with Crippen LogP contribution in [0.4, 0.5) is 0 Å². The molecule has 0 N–H and O–H groups in total. The number of thiocarbonyl (C=S) groups is 1. The maximum absolute atomic E-state index is 5.16. The van der Waals surface area contributed by atoms with Crippen LogP contribution in [-0.2, 0) is 0 Å². The molecule has 1 heterocycles. The molecular weight excluding hydrogens is 232 g/mol. The monoisotopic (exact) mass is 242 g/mol. The minimum absolute atomic E-state index is 0.526. The van der Waals surface area contributed by atoms with Gasteiger partial charge in [-0.25, -0.2) is 0 Å². The molecule has 0 radical (unpaired) electrons. The maximum atomic E-state index is 5.16. The van der Waals surface area contributed by atoms with Crippen molar-refractivity contribution in [3.63, 3.8) is 0 Å². The zero-order valence-electron chi connectivity index (χ0n) is 7.73. The van der Waals surface area contributed by atoms with E-state index in [1.165, 1.54) is 5.56 Å². The largest absolute Gasteiger partial charge is 0.497 e. The van der Waals surface area contributed by atoms with Gasteiger partial charge >= 0.3 is 0 Å². The van der Waals surface area contributed by atoms with Crippen molar-refractivity contribution < 1.29 is 4.74 Å². The summed E-state index contributed by atoms with van der Waals surface area (Å²) in [5, 5.41) is 0.526. The Bertz CT molecular complexity index is 334. The Morgan fingerprint density at radius 1 is 1.36 bits per heavy atom. The van der Waals surface area contributed by atoms with E-state index in [0.29, 0.717) is 5.25 Å². The van der Waals surface area contributed by atoms with Crippen molar-refractivity contribution in [1.82, 2.24) is 0 Å². The summed E-state index contributed by atoms with van der Waals surface area (Å²) in [5.41, 5.74) is 1.34. The van der Waals surface area contributed by atoms with Gasteiger partial charge in [-0.15, -0.1) is 0 Å². The highest BCUT2D eigenvalue weighted by Gasteiger charge is 2.22. The molecule has 1 saturated heterocycles. The van der Waals surface area contributed by atoms with Gasteiger partial charge in [-0.05, 0) is 28.5 Å². The molecular formula is C10H10OS3. The van der Waals surface area contributed by atoms with Crippen molar-refractivity contribution in [2.45, 2.75) is 11.7 Å². The van der Waals surface area contributed by atoms with Gasteiger partial charge in [-0.2, -0.15) is 0 Å². The number of rotatable bonds is 2. The third-order valence-corrected chi connectivity index (χ3v) is 5.54. The van der Waals surface area contributed by atoms with Gasteiger partial charge in [-0.1, -0.05) is 35.1 Å². The zero-order valence-corrected chi connectivity index (χ0v) is 10.2. The van der Waals surface area contributed by atoms with Crippen LogP contribution in [-0.4, -0.2) is 11.3 Å². The zero-order chi connectivity index (χ0) is 9.97. The second-order valence-corrected chi connectivity index (χ2v) is 6.27. The fourth-order valence-electron chi connectivity index (χ4n) is 1.32. The lowest BCUT2D eigenvalue weighted by atomic mass is 10.1. The topological polar surface area (TPSA) is 9.23 Å². The first-order valence-electron chi connectivity index (χ1n) is 4.29. The molecule has 0 aliphatic carbocycles. The Morgan fingerprint density at radius 3 is 2.57 bits per heavy atom. The summed E-state index contributed by atoms with van der Waals surface area (Å²) >= 11 is 5.16. The second-order valence-electron chi connectivity index (χ2n) is 3.02. The molecule has 14 heavy (non-hydrogen) atoms. The third kappa shape index (κ3) is 2.24. The predicted octanol–water partition coefficient (Wildman–Crippen LogP) is 3.85. The summed E-state index contributed by atoms with van der Waals surface area (Å²) in [6.07, 6.45) is 1.01. The Morgan fingerprint density at radius 2 is 2.07 bits per heavy atom. The highest BCUT2D eigenvalue weighted by atomic mass is 33.1. The molecule has 1 aliphatic heterocycles. The normalized spacial score (nSPS) is 21.2. The van der Waals surface area contributed by atoms with Gasteiger partial charge < -0.3 is 4.74 Å². The van der Waals surface area contributed by atoms with Gasteiger partial charge in [-0.3, -0.25) is 0 Å². The summed E-state index contributed by atoms with van der Waals surface area (Å²) in [5.74, 6) is 0.909. The molecule has 0 spiro atoms. The van der Waals surface area contributed by atoms with E-state index in [2.05, 4.69) is 12.1 Å². The van der Waals surface area contributed by atoms with Crippen molar-refractivity contribution in [2.24, 2.45) is 0 Å². The van der Waals surface area contributed by atoms with E-state index in [1.54, 1.807) is 17.9 Å². The van der Waals surface area contributed by atoms with Crippen LogP contribution < -0.4 is 4.74 Å². The third-order valence-electron chi connectivity index (χ3n) is 2.10. The van der Waals surface area contributed by atoms with Crippen molar-refractivity contribution in [3.05, 3.63) is 29.8 Å². The number of ether oxygens (including phenoxy) is 1. The molecule has 1 aromatic rings. The Kier molecular flexibility index (Phi) is 3.36. The Balaban J connectivity index is 2.13. The Labute approximate surface area is 97.0 Å². The molecule has 0 saturated carbocycles. The summed E-state index contributed by atoms with van der Waals surface area (Å²) < 4.78 is 6.22. The van der Waals surface area contributed by atoms with Gasteiger partial charge in [0, 0.05) is 11.7 Å². The highest BCUT2D eigenvalue weighted by Crippen LogP contribution is 2.49. The van der Waals surface area contributed by atoms with Gasteiger partial charge in [0.05, 0.1) is 11.3 Å². The average molecular weight is 242 g/mol. The quantitative estimate of drug-likeness (QED) is 0.575. The molecule has 0 amide bonds. The van der Waals surface area contributed by atoms with Crippen LogP contribution in [0.1, 0.15) is 17.2 Å². The smallest absolute Gasteiger partial charge is 0.118 e. The lowest BCUT2D eigenvalue weighted by Crippen LogP contribution is -1.91. The van der Waals surface area contributed by atoms with Crippen molar-refractivity contribution in [3.8, 4) is 5.75 Å². The fourth-order valence-corrected chi connectivity index (χ4v) is 4.43. The van der Waals surface area contributed by atoms with E-state index in [0.717, 1.165) is 16.4 Å². The van der Waals surface area contributed by atoms with Crippen LogP contribution in [0.2, 0.25) is 0 Å². The maximum Gasteiger partial charge on any atom is 0.118 e. The fraction of sp³-hybridized carbons (Fsp3) is 0.300. The number of hydrogen-bond donors (Lipinski definition) is 0. The summed E-state index contributed by atoms with van der Waals surface area (Å²) in [6.45, 7) is 0. The first-order chi connectivity index (χ1) is 6.79. The second kappa shape index (κ2) is 4.55. The van der Waals surface area contributed by atoms with Gasteiger partial charge in [0.1, 0.15) is 5.75 Å². The molecule has 0 aromatic heterocycles. The molecule has 1 unspecified atom stereocenters. The van der Waals surface area contributed by atoms with Crippen LogP contribution in [0.25, 0.3) is 0 Å². The van der Waals surface area contributed by atoms with Crippen molar-refractivity contribution >= 4 is 38.0 Å². The highest BCUT2D eigenvalue weighted by molar-refractivity contribution is 8.84.